The van der Waals surface area contributed by atoms with Crippen LogP contribution in [0.15, 0.2) is 106 Å². The molecule has 9 heteroatoms. The van der Waals surface area contributed by atoms with Crippen molar-refractivity contribution >= 4 is 49.5 Å². The molecule has 4 aromatic rings. The second-order valence-electron chi connectivity index (χ2n) is 14.8. The number of hydrogen-bond acceptors (Lipinski definition) is 5. The van der Waals surface area contributed by atoms with E-state index in [-0.39, 0.29) is 0 Å². The van der Waals surface area contributed by atoms with E-state index in [2.05, 4.69) is 126 Å². The first kappa shape index (κ1) is 51.5. The van der Waals surface area contributed by atoms with E-state index in [1.54, 1.807) is 12.1 Å². The number of benzene rings is 4. The molecule has 0 heterocycles. The van der Waals surface area contributed by atoms with E-state index < -0.39 is 0 Å². The van der Waals surface area contributed by atoms with E-state index in [9.17, 15) is 4.79 Å². The second-order valence-corrected chi connectivity index (χ2v) is 16.7. The topological polar surface area (TPSA) is 47.5 Å². The average Bonchev–Trinajstić information content (AvgIpc) is 3.26. The smallest absolute Gasteiger partial charge is 0.187 e. The van der Waals surface area contributed by atoms with Crippen molar-refractivity contribution < 1.29 is 4.79 Å². The Hall–Kier alpha value is -3.67. The maximum absolute atomic E-state index is 10.1. The number of aldehydes is 1. The van der Waals surface area contributed by atoms with Gasteiger partial charge in [-0.25, -0.2) is 9.69 Å². The van der Waals surface area contributed by atoms with Gasteiger partial charge in [0.15, 0.2) is 11.4 Å². The Labute approximate surface area is 374 Å². The molecule has 0 aromatic heterocycles. The number of rotatable bonds is 25. The van der Waals surface area contributed by atoms with Gasteiger partial charge in [0.05, 0.1) is 13.1 Å². The third-order valence-electron chi connectivity index (χ3n) is 9.63. The zero-order valence-electron chi connectivity index (χ0n) is 36.2. The van der Waals surface area contributed by atoms with Gasteiger partial charge in [0.1, 0.15) is 6.29 Å². The highest BCUT2D eigenvalue weighted by atomic mass is 79.9. The van der Waals surface area contributed by atoms with E-state index in [0.29, 0.717) is 16.9 Å². The number of carbonyl (C=O) groups is 1. The summed E-state index contributed by atoms with van der Waals surface area (Å²) in [5, 5.41) is 3.48. The van der Waals surface area contributed by atoms with Gasteiger partial charge >= 0.3 is 0 Å². The highest BCUT2D eigenvalue weighted by Crippen LogP contribution is 2.18. The summed E-state index contributed by atoms with van der Waals surface area (Å²) in [6, 6.07) is 31.7. The number of nitrogens with one attached hydrogen (secondary N) is 1. The minimum absolute atomic E-state index is 0.707. The molecule has 0 aliphatic carbocycles. The van der Waals surface area contributed by atoms with E-state index in [0.717, 1.165) is 48.0 Å². The van der Waals surface area contributed by atoms with Gasteiger partial charge in [-0.2, -0.15) is 0 Å². The summed E-state index contributed by atoms with van der Waals surface area (Å²) in [6.45, 7) is 35.3. The lowest BCUT2D eigenvalue weighted by atomic mass is 10.1. The fraction of sp³-hybridized carbons (Fsp3) is 0.460. The highest BCUT2D eigenvalue weighted by Gasteiger charge is 2.09. The molecule has 0 amide bonds. The van der Waals surface area contributed by atoms with E-state index >= 15 is 0 Å². The van der Waals surface area contributed by atoms with Crippen LogP contribution >= 0.6 is 31.9 Å². The summed E-state index contributed by atoms with van der Waals surface area (Å²) in [4.78, 5) is 24.7. The molecule has 1 N–H and O–H groups in total. The number of halogens is 2. The molecule has 4 rings (SSSR count). The summed E-state index contributed by atoms with van der Waals surface area (Å²) in [7, 11) is 0. The molecular weight excluding hydrogens is 860 g/mol. The summed E-state index contributed by atoms with van der Waals surface area (Å²) in [6.07, 6.45) is 10.7. The number of hydrogen-bond donors (Lipinski definition) is 1. The van der Waals surface area contributed by atoms with E-state index in [1.165, 1.54) is 107 Å². The predicted molar refractivity (Wildman–Crippen MR) is 257 cm³/mol. The van der Waals surface area contributed by atoms with Crippen LogP contribution in [0, 0.1) is 13.1 Å². The van der Waals surface area contributed by atoms with Crippen LogP contribution in [0.3, 0.4) is 0 Å². The third-order valence-corrected chi connectivity index (χ3v) is 10.7. The lowest BCUT2D eigenvalue weighted by molar-refractivity contribution is 0.112. The SMILES string of the molecule is O=Cc1ccc(Br)cc1.[C-]#[N+]c1ccc(CN(CCCCN(CCC)CCC)Cc2ccc(Br)cc2)cc1.[C-]#[N+]c1ccc(CNCCCCN(CCC)CCC)cc1. The molecule has 0 saturated heterocycles. The molecule has 0 spiro atoms. The first-order valence-electron chi connectivity index (χ1n) is 21.5. The lowest BCUT2D eigenvalue weighted by Crippen LogP contribution is -2.28. The normalized spacial score (nSPS) is 10.7. The van der Waals surface area contributed by atoms with Crippen molar-refractivity contribution in [2.75, 3.05) is 52.4 Å². The van der Waals surface area contributed by atoms with Gasteiger partial charge in [-0.3, -0.25) is 9.69 Å². The Bertz CT molecular complexity index is 1720. The van der Waals surface area contributed by atoms with Crippen molar-refractivity contribution in [3.8, 4) is 0 Å². The molecule has 0 aliphatic rings. The first-order chi connectivity index (χ1) is 28.8. The van der Waals surface area contributed by atoms with Crippen molar-refractivity contribution in [2.24, 2.45) is 0 Å². The Balaban J connectivity index is 0.000000347. The van der Waals surface area contributed by atoms with Gasteiger partial charge in [-0.15, -0.1) is 0 Å². The maximum Gasteiger partial charge on any atom is 0.187 e. The molecule has 0 atom stereocenters. The molecule has 59 heavy (non-hydrogen) atoms. The van der Waals surface area contributed by atoms with E-state index in [1.807, 2.05) is 48.5 Å². The minimum Gasteiger partial charge on any atom is -0.313 e. The Morgan fingerprint density at radius 3 is 1.29 bits per heavy atom. The lowest BCUT2D eigenvalue weighted by Gasteiger charge is -2.24. The van der Waals surface area contributed by atoms with E-state index in [4.69, 9.17) is 13.1 Å². The van der Waals surface area contributed by atoms with Crippen LogP contribution in [-0.2, 0) is 19.6 Å². The van der Waals surface area contributed by atoms with Gasteiger partial charge in [-0.1, -0.05) is 132 Å². The summed E-state index contributed by atoms with van der Waals surface area (Å²) >= 11 is 6.79. The van der Waals surface area contributed by atoms with Crippen molar-refractivity contribution in [1.29, 1.82) is 0 Å². The molecule has 0 unspecified atom stereocenters. The fourth-order valence-electron chi connectivity index (χ4n) is 6.65. The highest BCUT2D eigenvalue weighted by molar-refractivity contribution is 9.10. The predicted octanol–water partition coefficient (Wildman–Crippen LogP) is 13.4. The number of carbonyl (C=O) groups excluding carboxylic acids is 1. The Morgan fingerprint density at radius 1 is 0.508 bits per heavy atom. The molecule has 0 aliphatic heterocycles. The maximum atomic E-state index is 10.1. The quantitative estimate of drug-likeness (QED) is 0.0408. The van der Waals surface area contributed by atoms with Gasteiger partial charge in [0, 0.05) is 34.1 Å². The van der Waals surface area contributed by atoms with Crippen LogP contribution in [0.4, 0.5) is 11.4 Å². The van der Waals surface area contributed by atoms with Gasteiger partial charge in [-0.05, 0) is 145 Å². The van der Waals surface area contributed by atoms with Crippen molar-refractivity contribution in [3.63, 3.8) is 0 Å². The Kier molecular flexibility index (Phi) is 28.9. The van der Waals surface area contributed by atoms with Crippen LogP contribution in [-0.4, -0.2) is 73.3 Å². The summed E-state index contributed by atoms with van der Waals surface area (Å²) < 4.78 is 2.11. The monoisotopic (exact) mass is 926 g/mol. The van der Waals surface area contributed by atoms with Gasteiger partial charge < -0.3 is 15.1 Å². The van der Waals surface area contributed by atoms with Crippen LogP contribution in [0.1, 0.15) is 106 Å². The molecule has 0 bridgehead atoms. The summed E-state index contributed by atoms with van der Waals surface area (Å²) in [5.74, 6) is 0. The molecule has 318 valence electrons. The van der Waals surface area contributed by atoms with Crippen molar-refractivity contribution in [2.45, 2.75) is 98.7 Å². The largest absolute Gasteiger partial charge is 0.313 e. The molecule has 0 radical (unpaired) electrons. The van der Waals surface area contributed by atoms with Crippen LogP contribution in [0.25, 0.3) is 9.69 Å². The number of unbranched alkanes of at least 4 members (excludes halogenated alkanes) is 2. The van der Waals surface area contributed by atoms with Crippen molar-refractivity contribution in [1.82, 2.24) is 20.0 Å². The molecule has 4 aromatic carbocycles. The molecule has 0 fully saturated rings. The van der Waals surface area contributed by atoms with Crippen LogP contribution in [0.2, 0.25) is 0 Å². The third kappa shape index (κ3) is 24.2. The minimum atomic E-state index is 0.707. The zero-order valence-corrected chi connectivity index (χ0v) is 39.3. The molecular formula is C50H68Br2N6O. The zero-order chi connectivity index (χ0) is 42.9. The van der Waals surface area contributed by atoms with Gasteiger partial charge in [0.25, 0.3) is 0 Å². The first-order valence-corrected chi connectivity index (χ1v) is 23.1. The molecule has 0 saturated carbocycles. The van der Waals surface area contributed by atoms with Crippen LogP contribution in [0.5, 0.6) is 0 Å². The summed E-state index contributed by atoms with van der Waals surface area (Å²) in [5.41, 5.74) is 5.99. The second kappa shape index (κ2) is 33.1. The van der Waals surface area contributed by atoms with Gasteiger partial charge in [0.2, 0.25) is 0 Å². The van der Waals surface area contributed by atoms with Crippen LogP contribution < -0.4 is 5.32 Å². The number of nitrogens with zero attached hydrogens (tertiary/aromatic N) is 5. The van der Waals surface area contributed by atoms with Crippen molar-refractivity contribution in [3.05, 3.63) is 151 Å². The Morgan fingerprint density at radius 2 is 0.881 bits per heavy atom. The fourth-order valence-corrected chi connectivity index (χ4v) is 7.18. The standard InChI is InChI=1S/C25H34BrN3.C18H29N3.C7H5BrO/c1-4-16-28(17-5-2)18-6-7-19-29(20-22-8-12-24(26)13-9-22)21-23-10-14-25(27-3)15-11-23;1-4-13-21(14-5-2)15-7-6-12-20-16-17-8-10-18(19-3)11-9-17;8-7-3-1-6(5-9)2-4-7/h8-15H,4-7,16-21H2,1-2H3;8-11,20H,4-7,12-16H2,1-2H3;1-5H. The molecule has 7 nitrogen and oxygen atoms in total. The average molecular weight is 929 g/mol.